The van der Waals surface area contributed by atoms with E-state index in [4.69, 9.17) is 0 Å². The van der Waals surface area contributed by atoms with Crippen molar-refractivity contribution in [3.63, 3.8) is 0 Å². The third-order valence-electron chi connectivity index (χ3n) is 3.49. The van der Waals surface area contributed by atoms with Crippen molar-refractivity contribution in [3.05, 3.63) is 12.2 Å². The van der Waals surface area contributed by atoms with Crippen molar-refractivity contribution in [1.29, 1.82) is 0 Å². The van der Waals surface area contributed by atoms with E-state index in [1.165, 1.54) is 51.4 Å². The molecule has 0 heterocycles. The molecule has 0 rings (SSSR count). The minimum Gasteiger partial charge on any atom is -0.0888 e. The molecule has 0 aromatic heterocycles. The molecule has 0 saturated heterocycles. The highest BCUT2D eigenvalue weighted by molar-refractivity contribution is 4.83. The Bertz CT molecular complexity index is 157. The molecular weight excluding hydrogens is 192 g/mol. The van der Waals surface area contributed by atoms with Crippen LogP contribution in [0.1, 0.15) is 79.1 Å². The summed E-state index contributed by atoms with van der Waals surface area (Å²) in [6.45, 7) is 9.27. The first-order valence-electron chi connectivity index (χ1n) is 7.39. The van der Waals surface area contributed by atoms with Gasteiger partial charge in [-0.2, -0.15) is 0 Å². The molecule has 0 aromatic carbocycles. The van der Waals surface area contributed by atoms with Crippen molar-refractivity contribution >= 4 is 0 Å². The van der Waals surface area contributed by atoms with E-state index in [-0.39, 0.29) is 0 Å². The molecule has 2 atom stereocenters. The molecule has 96 valence electrons. The summed E-state index contributed by atoms with van der Waals surface area (Å²) in [7, 11) is 0. The highest BCUT2D eigenvalue weighted by Crippen LogP contribution is 2.23. The second-order valence-corrected chi connectivity index (χ2v) is 5.23. The van der Waals surface area contributed by atoms with Crippen LogP contribution in [0.15, 0.2) is 12.2 Å². The molecule has 0 heteroatoms. The van der Waals surface area contributed by atoms with Crippen molar-refractivity contribution in [2.75, 3.05) is 0 Å². The van der Waals surface area contributed by atoms with E-state index in [1.54, 1.807) is 0 Å². The van der Waals surface area contributed by atoms with Crippen molar-refractivity contribution in [2.24, 2.45) is 11.8 Å². The molecule has 0 radical (unpaired) electrons. The molecule has 0 aromatic rings. The fraction of sp³-hybridized carbons (Fsp3) is 0.875. The van der Waals surface area contributed by atoms with Crippen LogP contribution >= 0.6 is 0 Å². The predicted molar refractivity (Wildman–Crippen MR) is 75.8 cm³/mol. The van der Waals surface area contributed by atoms with Crippen LogP contribution in [0.3, 0.4) is 0 Å². The van der Waals surface area contributed by atoms with Crippen LogP contribution in [0.5, 0.6) is 0 Å². The van der Waals surface area contributed by atoms with E-state index in [0.29, 0.717) is 0 Å². The van der Waals surface area contributed by atoms with Gasteiger partial charge in [0.2, 0.25) is 0 Å². The lowest BCUT2D eigenvalue weighted by Gasteiger charge is -2.18. The molecule has 0 saturated carbocycles. The molecule has 0 aliphatic carbocycles. The monoisotopic (exact) mass is 224 g/mol. The van der Waals surface area contributed by atoms with E-state index in [1.807, 2.05) is 0 Å². The van der Waals surface area contributed by atoms with E-state index >= 15 is 0 Å². The highest BCUT2D eigenvalue weighted by atomic mass is 14.2. The van der Waals surface area contributed by atoms with Crippen molar-refractivity contribution in [3.8, 4) is 0 Å². The maximum absolute atomic E-state index is 2.43. The van der Waals surface area contributed by atoms with Gasteiger partial charge in [-0.25, -0.2) is 0 Å². The number of rotatable bonds is 10. The lowest BCUT2D eigenvalue weighted by molar-refractivity contribution is 0.358. The van der Waals surface area contributed by atoms with Gasteiger partial charge in [-0.15, -0.1) is 0 Å². The smallest absolute Gasteiger partial charge is 0.0322 e. The zero-order valence-electron chi connectivity index (χ0n) is 12.0. The molecule has 0 aliphatic rings. The largest absolute Gasteiger partial charge is 0.0888 e. The molecule has 16 heavy (non-hydrogen) atoms. The van der Waals surface area contributed by atoms with E-state index in [9.17, 15) is 0 Å². The molecule has 0 bridgehead atoms. The van der Waals surface area contributed by atoms with Gasteiger partial charge in [0.25, 0.3) is 0 Å². The average Bonchev–Trinajstić information content (AvgIpc) is 2.28. The second kappa shape index (κ2) is 11.2. The standard InChI is InChI=1S/C16H32/c1-5-8-10-12-15(4)14-16(7-3)13-11-9-6-2/h9,11,15-16H,5-8,10,12-14H2,1-4H3. The topological polar surface area (TPSA) is 0 Å². The predicted octanol–water partition coefficient (Wildman–Crippen LogP) is 5.98. The van der Waals surface area contributed by atoms with Gasteiger partial charge < -0.3 is 0 Å². The average molecular weight is 224 g/mol. The lowest BCUT2D eigenvalue weighted by Crippen LogP contribution is -2.05. The molecule has 0 spiro atoms. The Hall–Kier alpha value is -0.260. The summed E-state index contributed by atoms with van der Waals surface area (Å²) in [5, 5.41) is 0. The van der Waals surface area contributed by atoms with Gasteiger partial charge in [0.05, 0.1) is 0 Å². The normalized spacial score (nSPS) is 15.5. The van der Waals surface area contributed by atoms with Gasteiger partial charge in [0, 0.05) is 0 Å². The van der Waals surface area contributed by atoms with Gasteiger partial charge in [-0.05, 0) is 31.1 Å². The Balaban J connectivity index is 3.69. The van der Waals surface area contributed by atoms with Gasteiger partial charge in [-0.1, -0.05) is 72.0 Å². The minimum absolute atomic E-state index is 0.916. The highest BCUT2D eigenvalue weighted by Gasteiger charge is 2.09. The second-order valence-electron chi connectivity index (χ2n) is 5.23. The van der Waals surface area contributed by atoms with E-state index < -0.39 is 0 Å². The van der Waals surface area contributed by atoms with Crippen molar-refractivity contribution < 1.29 is 0 Å². The summed E-state index contributed by atoms with van der Waals surface area (Å²) in [4.78, 5) is 0. The van der Waals surface area contributed by atoms with Crippen LogP contribution in [0.2, 0.25) is 0 Å². The van der Waals surface area contributed by atoms with Crippen LogP contribution in [-0.2, 0) is 0 Å². The van der Waals surface area contributed by atoms with Gasteiger partial charge >= 0.3 is 0 Å². The van der Waals surface area contributed by atoms with Crippen LogP contribution in [-0.4, -0.2) is 0 Å². The number of unbranched alkanes of at least 4 members (excludes halogenated alkanes) is 2. The zero-order chi connectivity index (χ0) is 12.2. The molecule has 0 nitrogen and oxygen atoms in total. The Morgan fingerprint density at radius 1 is 1.00 bits per heavy atom. The molecule has 0 fully saturated rings. The van der Waals surface area contributed by atoms with Crippen LogP contribution in [0.25, 0.3) is 0 Å². The third kappa shape index (κ3) is 9.00. The maximum atomic E-state index is 2.43. The Kier molecular flexibility index (Phi) is 11.0. The molecule has 2 unspecified atom stereocenters. The number of hydrogen-bond acceptors (Lipinski definition) is 0. The van der Waals surface area contributed by atoms with Crippen LogP contribution < -0.4 is 0 Å². The fourth-order valence-corrected chi connectivity index (χ4v) is 2.31. The first-order valence-corrected chi connectivity index (χ1v) is 7.39. The van der Waals surface area contributed by atoms with E-state index in [0.717, 1.165) is 11.8 Å². The summed E-state index contributed by atoms with van der Waals surface area (Å²) in [6.07, 6.45) is 15.6. The quantitative estimate of drug-likeness (QED) is 0.316. The fourth-order valence-electron chi connectivity index (χ4n) is 2.31. The third-order valence-corrected chi connectivity index (χ3v) is 3.49. The SMILES string of the molecule is CCC=CCC(CC)CC(C)CCCCC. The molecular formula is C16H32. The Labute approximate surface area is 104 Å². The minimum atomic E-state index is 0.916. The molecule has 0 amide bonds. The van der Waals surface area contributed by atoms with Crippen LogP contribution in [0.4, 0.5) is 0 Å². The summed E-state index contributed by atoms with van der Waals surface area (Å²) in [5.41, 5.74) is 0. The van der Waals surface area contributed by atoms with E-state index in [2.05, 4.69) is 39.8 Å². The molecule has 0 N–H and O–H groups in total. The maximum Gasteiger partial charge on any atom is -0.0322 e. The zero-order valence-corrected chi connectivity index (χ0v) is 12.0. The summed E-state index contributed by atoms with van der Waals surface area (Å²) < 4.78 is 0. The first-order chi connectivity index (χ1) is 7.74. The van der Waals surface area contributed by atoms with Gasteiger partial charge in [-0.3, -0.25) is 0 Å². The summed E-state index contributed by atoms with van der Waals surface area (Å²) in [5.74, 6) is 1.84. The Morgan fingerprint density at radius 3 is 2.31 bits per heavy atom. The van der Waals surface area contributed by atoms with Gasteiger partial charge in [0.15, 0.2) is 0 Å². The summed E-state index contributed by atoms with van der Waals surface area (Å²) >= 11 is 0. The molecule has 0 aliphatic heterocycles. The summed E-state index contributed by atoms with van der Waals surface area (Å²) in [6, 6.07) is 0. The number of allylic oxidation sites excluding steroid dienone is 2. The lowest BCUT2D eigenvalue weighted by atomic mass is 9.88. The first kappa shape index (κ1) is 15.7. The Morgan fingerprint density at radius 2 is 1.75 bits per heavy atom. The number of hydrogen-bond donors (Lipinski definition) is 0. The van der Waals surface area contributed by atoms with Crippen molar-refractivity contribution in [1.82, 2.24) is 0 Å². The van der Waals surface area contributed by atoms with Crippen molar-refractivity contribution in [2.45, 2.75) is 79.1 Å². The van der Waals surface area contributed by atoms with Gasteiger partial charge in [0.1, 0.15) is 0 Å². The van der Waals surface area contributed by atoms with Crippen LogP contribution in [0, 0.1) is 11.8 Å².